The number of nitrogens with zero attached hydrogens (tertiary/aromatic N) is 2. The molecular formula is C15H20FN3OS. The number of methoxy groups -OCH3 is 1. The summed E-state index contributed by atoms with van der Waals surface area (Å²) in [4.78, 5) is 7.41. The third kappa shape index (κ3) is 4.15. The SMILES string of the molecule is COc1nc(N(C)C)sc1CNCCc1ccccc1F. The van der Waals surface area contributed by atoms with Gasteiger partial charge in [0.1, 0.15) is 5.82 Å². The van der Waals surface area contributed by atoms with Crippen LogP contribution in [0.15, 0.2) is 24.3 Å². The zero-order valence-electron chi connectivity index (χ0n) is 12.5. The molecule has 0 spiro atoms. The molecule has 1 aromatic carbocycles. The smallest absolute Gasteiger partial charge is 0.230 e. The molecule has 114 valence electrons. The number of rotatable bonds is 7. The van der Waals surface area contributed by atoms with Crippen molar-refractivity contribution in [3.8, 4) is 5.88 Å². The van der Waals surface area contributed by atoms with Gasteiger partial charge in [-0.15, -0.1) is 0 Å². The number of hydrogen-bond donors (Lipinski definition) is 1. The van der Waals surface area contributed by atoms with Crippen LogP contribution in [0.3, 0.4) is 0 Å². The highest BCUT2D eigenvalue weighted by molar-refractivity contribution is 7.15. The fraction of sp³-hybridized carbons (Fsp3) is 0.400. The zero-order valence-corrected chi connectivity index (χ0v) is 13.3. The number of thiazole rings is 1. The minimum Gasteiger partial charge on any atom is -0.480 e. The van der Waals surface area contributed by atoms with Crippen molar-refractivity contribution in [2.24, 2.45) is 0 Å². The maximum absolute atomic E-state index is 13.5. The van der Waals surface area contributed by atoms with Gasteiger partial charge in [-0.2, -0.15) is 4.98 Å². The second kappa shape index (κ2) is 7.38. The lowest BCUT2D eigenvalue weighted by Crippen LogP contribution is -2.16. The van der Waals surface area contributed by atoms with Crippen LogP contribution in [0.4, 0.5) is 9.52 Å². The highest BCUT2D eigenvalue weighted by Gasteiger charge is 2.12. The van der Waals surface area contributed by atoms with E-state index in [0.717, 1.165) is 15.6 Å². The molecule has 0 aliphatic heterocycles. The summed E-state index contributed by atoms with van der Waals surface area (Å²) in [5.74, 6) is 0.506. The van der Waals surface area contributed by atoms with E-state index >= 15 is 0 Å². The highest BCUT2D eigenvalue weighted by Crippen LogP contribution is 2.30. The van der Waals surface area contributed by atoms with Crippen LogP contribution in [-0.4, -0.2) is 32.7 Å². The van der Waals surface area contributed by atoms with Gasteiger partial charge >= 0.3 is 0 Å². The van der Waals surface area contributed by atoms with Crippen molar-refractivity contribution in [2.45, 2.75) is 13.0 Å². The molecule has 0 bridgehead atoms. The van der Waals surface area contributed by atoms with Gasteiger partial charge in [-0.1, -0.05) is 29.5 Å². The number of benzene rings is 1. The van der Waals surface area contributed by atoms with Crippen molar-refractivity contribution in [3.05, 3.63) is 40.5 Å². The maximum Gasteiger partial charge on any atom is 0.230 e. The molecular weight excluding hydrogens is 289 g/mol. The van der Waals surface area contributed by atoms with E-state index in [2.05, 4.69) is 10.3 Å². The molecule has 2 rings (SSSR count). The minimum atomic E-state index is -0.149. The van der Waals surface area contributed by atoms with E-state index in [4.69, 9.17) is 4.74 Å². The molecule has 0 amide bonds. The van der Waals surface area contributed by atoms with Crippen LogP contribution in [-0.2, 0) is 13.0 Å². The van der Waals surface area contributed by atoms with Gasteiger partial charge in [0.15, 0.2) is 5.13 Å². The summed E-state index contributed by atoms with van der Waals surface area (Å²) in [6.45, 7) is 1.38. The Morgan fingerprint density at radius 1 is 1.33 bits per heavy atom. The molecule has 1 heterocycles. The lowest BCUT2D eigenvalue weighted by Gasteiger charge is -2.05. The first kappa shape index (κ1) is 15.7. The minimum absolute atomic E-state index is 0.149. The molecule has 0 radical (unpaired) electrons. The fourth-order valence-corrected chi connectivity index (χ4v) is 2.84. The Bertz CT molecular complexity index is 586. The van der Waals surface area contributed by atoms with Gasteiger partial charge in [-0.05, 0) is 24.6 Å². The van der Waals surface area contributed by atoms with E-state index < -0.39 is 0 Å². The third-order valence-corrected chi connectivity index (χ3v) is 4.25. The van der Waals surface area contributed by atoms with E-state index in [1.54, 1.807) is 24.5 Å². The molecule has 4 nitrogen and oxygen atoms in total. The van der Waals surface area contributed by atoms with Crippen molar-refractivity contribution < 1.29 is 9.13 Å². The summed E-state index contributed by atoms with van der Waals surface area (Å²) >= 11 is 1.59. The van der Waals surface area contributed by atoms with Crippen LogP contribution in [0.25, 0.3) is 0 Å². The largest absolute Gasteiger partial charge is 0.480 e. The summed E-state index contributed by atoms with van der Waals surface area (Å²) in [7, 11) is 5.53. The molecule has 0 aliphatic rings. The number of ether oxygens (including phenoxy) is 1. The Morgan fingerprint density at radius 2 is 2.10 bits per heavy atom. The summed E-state index contributed by atoms with van der Waals surface area (Å²) in [6.07, 6.45) is 0.661. The molecule has 0 fully saturated rings. The molecule has 0 saturated carbocycles. The van der Waals surface area contributed by atoms with Crippen LogP contribution in [0.1, 0.15) is 10.4 Å². The first-order chi connectivity index (χ1) is 10.1. The van der Waals surface area contributed by atoms with Crippen LogP contribution in [0.2, 0.25) is 0 Å². The predicted molar refractivity (Wildman–Crippen MR) is 84.8 cm³/mol. The first-order valence-corrected chi connectivity index (χ1v) is 7.58. The number of hydrogen-bond acceptors (Lipinski definition) is 5. The Hall–Kier alpha value is -1.66. The van der Waals surface area contributed by atoms with E-state index in [0.29, 0.717) is 25.4 Å². The summed E-state index contributed by atoms with van der Waals surface area (Å²) in [5.41, 5.74) is 0.732. The normalized spacial score (nSPS) is 10.7. The van der Waals surface area contributed by atoms with Crippen LogP contribution >= 0.6 is 11.3 Å². The Morgan fingerprint density at radius 3 is 2.76 bits per heavy atom. The molecule has 2 aromatic rings. The Labute approximate surface area is 128 Å². The fourth-order valence-electron chi connectivity index (χ4n) is 1.91. The monoisotopic (exact) mass is 309 g/mol. The highest BCUT2D eigenvalue weighted by atomic mass is 32.1. The molecule has 0 aliphatic carbocycles. The van der Waals surface area contributed by atoms with Crippen molar-refractivity contribution >= 4 is 16.5 Å². The standard InChI is InChI=1S/C15H20FN3OS/c1-19(2)15-18-14(20-3)13(21-15)10-17-9-8-11-6-4-5-7-12(11)16/h4-7,17H,8-10H2,1-3H3. The van der Waals surface area contributed by atoms with Gasteiger partial charge in [0, 0.05) is 20.6 Å². The van der Waals surface area contributed by atoms with Crippen LogP contribution in [0, 0.1) is 5.82 Å². The Kier molecular flexibility index (Phi) is 5.52. The van der Waals surface area contributed by atoms with Crippen LogP contribution < -0.4 is 15.0 Å². The van der Waals surface area contributed by atoms with Gasteiger partial charge in [0.05, 0.1) is 12.0 Å². The average Bonchev–Trinajstić information content (AvgIpc) is 2.89. The van der Waals surface area contributed by atoms with Gasteiger partial charge in [-0.25, -0.2) is 4.39 Å². The first-order valence-electron chi connectivity index (χ1n) is 6.77. The van der Waals surface area contributed by atoms with Gasteiger partial charge in [0.2, 0.25) is 5.88 Å². The number of halogens is 1. The molecule has 21 heavy (non-hydrogen) atoms. The topological polar surface area (TPSA) is 37.4 Å². The molecule has 1 N–H and O–H groups in total. The summed E-state index contributed by atoms with van der Waals surface area (Å²) in [5, 5.41) is 4.22. The molecule has 1 aromatic heterocycles. The predicted octanol–water partition coefficient (Wildman–Crippen LogP) is 2.69. The van der Waals surface area contributed by atoms with Gasteiger partial charge < -0.3 is 15.0 Å². The van der Waals surface area contributed by atoms with Crippen molar-refractivity contribution in [1.82, 2.24) is 10.3 Å². The van der Waals surface area contributed by atoms with Crippen molar-refractivity contribution in [1.29, 1.82) is 0 Å². The average molecular weight is 309 g/mol. The lowest BCUT2D eigenvalue weighted by molar-refractivity contribution is 0.395. The van der Waals surface area contributed by atoms with E-state index in [1.165, 1.54) is 6.07 Å². The lowest BCUT2D eigenvalue weighted by atomic mass is 10.1. The van der Waals surface area contributed by atoms with Crippen molar-refractivity contribution in [2.75, 3.05) is 32.6 Å². The van der Waals surface area contributed by atoms with Gasteiger partial charge in [0.25, 0.3) is 0 Å². The number of anilines is 1. The third-order valence-electron chi connectivity index (χ3n) is 3.04. The maximum atomic E-state index is 13.5. The van der Waals surface area contributed by atoms with Gasteiger partial charge in [-0.3, -0.25) is 0 Å². The second-order valence-corrected chi connectivity index (χ2v) is 5.90. The molecule has 0 saturated heterocycles. The summed E-state index contributed by atoms with van der Waals surface area (Å²) in [6, 6.07) is 6.87. The van der Waals surface area contributed by atoms with E-state index in [1.807, 2.05) is 31.1 Å². The quantitative estimate of drug-likeness (QED) is 0.798. The van der Waals surface area contributed by atoms with E-state index in [9.17, 15) is 4.39 Å². The van der Waals surface area contributed by atoms with Crippen molar-refractivity contribution in [3.63, 3.8) is 0 Å². The molecule has 6 heteroatoms. The van der Waals surface area contributed by atoms with E-state index in [-0.39, 0.29) is 5.82 Å². The molecule has 0 atom stereocenters. The Balaban J connectivity index is 1.87. The van der Waals surface area contributed by atoms with Crippen LogP contribution in [0.5, 0.6) is 5.88 Å². The molecule has 0 unspecified atom stereocenters. The summed E-state index contributed by atoms with van der Waals surface area (Å²) < 4.78 is 18.8. The zero-order chi connectivity index (χ0) is 15.2. The second-order valence-electron chi connectivity index (χ2n) is 4.84. The number of nitrogens with one attached hydrogen (secondary N) is 1. The number of aromatic nitrogens is 1.